The molecule has 0 aromatic heterocycles. The first-order chi connectivity index (χ1) is 14.5. The van der Waals surface area contributed by atoms with Crippen molar-refractivity contribution in [3.8, 4) is 0 Å². The number of carbonyl (C=O) groups excluding carboxylic acids is 1. The number of hydrogen-bond donors (Lipinski definition) is 0. The molecular formula is C20H14Cl3NO5S2. The molecule has 0 unspecified atom stereocenters. The maximum absolute atomic E-state index is 13.5. The van der Waals surface area contributed by atoms with E-state index < -0.39 is 29.8 Å². The lowest BCUT2D eigenvalue weighted by molar-refractivity contribution is 0.101. The van der Waals surface area contributed by atoms with Crippen LogP contribution in [0.25, 0.3) is 0 Å². The lowest BCUT2D eigenvalue weighted by atomic mass is 10.1. The zero-order chi connectivity index (χ0) is 23.0. The van der Waals surface area contributed by atoms with Gasteiger partial charge in [0, 0.05) is 5.56 Å². The molecule has 0 bridgehead atoms. The molecule has 0 atom stereocenters. The maximum Gasteiger partial charge on any atom is 0.279 e. The molecule has 0 saturated carbocycles. The van der Waals surface area contributed by atoms with Gasteiger partial charge in [-0.25, -0.2) is 0 Å². The van der Waals surface area contributed by atoms with Gasteiger partial charge in [0.05, 0.1) is 20.8 Å². The van der Waals surface area contributed by atoms with Crippen LogP contribution in [0.4, 0.5) is 5.69 Å². The SMILES string of the molecule is CC(=O)c1ccc(N(S(=O)(=O)c2ccccc2Cl)S(=O)(=O)c2ccccc2Cl)cc1Cl. The molecule has 3 aromatic carbocycles. The summed E-state index contributed by atoms with van der Waals surface area (Å²) < 4.78 is 54.3. The van der Waals surface area contributed by atoms with Gasteiger partial charge in [0.2, 0.25) is 0 Å². The second kappa shape index (κ2) is 8.80. The molecule has 11 heteroatoms. The number of rotatable bonds is 6. The second-order valence-corrected chi connectivity index (χ2v) is 11.3. The fourth-order valence-electron chi connectivity index (χ4n) is 2.80. The van der Waals surface area contributed by atoms with Gasteiger partial charge in [-0.2, -0.15) is 20.5 Å². The molecule has 0 saturated heterocycles. The van der Waals surface area contributed by atoms with Crippen LogP contribution in [0, 0.1) is 0 Å². The molecule has 0 aliphatic heterocycles. The van der Waals surface area contributed by atoms with Crippen molar-refractivity contribution in [3.05, 3.63) is 87.4 Å². The van der Waals surface area contributed by atoms with E-state index in [4.69, 9.17) is 34.8 Å². The van der Waals surface area contributed by atoms with Crippen LogP contribution < -0.4 is 3.71 Å². The summed E-state index contributed by atoms with van der Waals surface area (Å²) in [5.74, 6) is -0.369. The van der Waals surface area contributed by atoms with Crippen molar-refractivity contribution < 1.29 is 21.6 Å². The van der Waals surface area contributed by atoms with Crippen LogP contribution in [0.15, 0.2) is 76.5 Å². The van der Waals surface area contributed by atoms with E-state index in [0.717, 1.165) is 6.07 Å². The van der Waals surface area contributed by atoms with Gasteiger partial charge in [0.15, 0.2) is 5.78 Å². The van der Waals surface area contributed by atoms with Gasteiger partial charge in [-0.15, -0.1) is 0 Å². The van der Waals surface area contributed by atoms with Crippen molar-refractivity contribution in [2.75, 3.05) is 3.71 Å². The van der Waals surface area contributed by atoms with Crippen LogP contribution in [0.3, 0.4) is 0 Å². The Bertz CT molecular complexity index is 1310. The predicted octanol–water partition coefficient (Wildman–Crippen LogP) is 5.43. The van der Waals surface area contributed by atoms with Crippen molar-refractivity contribution in [3.63, 3.8) is 0 Å². The van der Waals surface area contributed by atoms with Gasteiger partial charge in [0.25, 0.3) is 20.0 Å². The molecule has 3 rings (SSSR count). The van der Waals surface area contributed by atoms with Gasteiger partial charge in [-0.05, 0) is 49.4 Å². The number of Topliss-reactive ketones (excluding diaryl/α,β-unsaturated/α-hetero) is 1. The third-order valence-corrected chi connectivity index (χ3v) is 9.70. The predicted molar refractivity (Wildman–Crippen MR) is 121 cm³/mol. The second-order valence-electron chi connectivity index (χ2n) is 6.29. The molecule has 0 N–H and O–H groups in total. The van der Waals surface area contributed by atoms with Gasteiger partial charge in [-0.3, -0.25) is 4.79 Å². The van der Waals surface area contributed by atoms with Crippen LogP contribution >= 0.6 is 34.8 Å². The van der Waals surface area contributed by atoms with Crippen LogP contribution in [-0.4, -0.2) is 22.6 Å². The summed E-state index contributed by atoms with van der Waals surface area (Å²) >= 11 is 18.3. The summed E-state index contributed by atoms with van der Waals surface area (Å²) in [5, 5.41) is -0.458. The Morgan fingerprint density at radius 2 is 1.16 bits per heavy atom. The first-order valence-electron chi connectivity index (χ1n) is 8.58. The van der Waals surface area contributed by atoms with Crippen molar-refractivity contribution in [1.82, 2.24) is 0 Å². The summed E-state index contributed by atoms with van der Waals surface area (Å²) in [4.78, 5) is 10.8. The summed E-state index contributed by atoms with van der Waals surface area (Å²) in [7, 11) is -9.49. The van der Waals surface area contributed by atoms with Gasteiger partial charge in [0.1, 0.15) is 9.79 Å². The molecule has 162 valence electrons. The quantitative estimate of drug-likeness (QED) is 0.406. The number of benzene rings is 3. The Balaban J connectivity index is 2.35. The average Bonchev–Trinajstić information content (AvgIpc) is 2.67. The molecule has 0 aliphatic rings. The lowest BCUT2D eigenvalue weighted by Crippen LogP contribution is -2.37. The summed E-state index contributed by atoms with van der Waals surface area (Å²) in [5.41, 5.74) is -0.203. The molecule has 0 amide bonds. The van der Waals surface area contributed by atoms with E-state index in [1.54, 1.807) is 0 Å². The van der Waals surface area contributed by atoms with E-state index in [-0.39, 0.29) is 35.8 Å². The van der Waals surface area contributed by atoms with E-state index in [9.17, 15) is 21.6 Å². The normalized spacial score (nSPS) is 11.9. The van der Waals surface area contributed by atoms with Crippen LogP contribution in [-0.2, 0) is 20.0 Å². The molecule has 0 spiro atoms. The number of sulfonamides is 2. The zero-order valence-electron chi connectivity index (χ0n) is 15.8. The van der Waals surface area contributed by atoms with E-state index in [0.29, 0.717) is 0 Å². The molecular weight excluding hydrogens is 505 g/mol. The maximum atomic E-state index is 13.5. The third-order valence-electron chi connectivity index (χ3n) is 4.21. The minimum absolute atomic E-state index is 0.107. The minimum Gasteiger partial charge on any atom is -0.294 e. The van der Waals surface area contributed by atoms with Crippen LogP contribution in [0.2, 0.25) is 15.1 Å². The van der Waals surface area contributed by atoms with Gasteiger partial charge < -0.3 is 0 Å². The number of hydrogen-bond acceptors (Lipinski definition) is 5. The summed E-state index contributed by atoms with van der Waals surface area (Å²) in [6.07, 6.45) is 0. The molecule has 0 heterocycles. The van der Waals surface area contributed by atoms with Crippen LogP contribution in [0.1, 0.15) is 17.3 Å². The fraction of sp³-hybridized carbons (Fsp3) is 0.0500. The average molecular weight is 519 g/mol. The van der Waals surface area contributed by atoms with Crippen molar-refractivity contribution in [2.24, 2.45) is 0 Å². The number of ketones is 1. The van der Waals surface area contributed by atoms with Gasteiger partial charge >= 0.3 is 0 Å². The van der Waals surface area contributed by atoms with Crippen LogP contribution in [0.5, 0.6) is 0 Å². The largest absolute Gasteiger partial charge is 0.294 e. The highest BCUT2D eigenvalue weighted by Gasteiger charge is 2.39. The Hall–Kier alpha value is -2.10. The van der Waals surface area contributed by atoms with E-state index >= 15 is 0 Å². The fourth-order valence-corrected chi connectivity index (χ4v) is 7.75. The first kappa shape index (κ1) is 23.6. The van der Waals surface area contributed by atoms with E-state index in [2.05, 4.69) is 0 Å². The standard InChI is InChI=1S/C20H14Cl3NO5S2/c1-13(25)15-11-10-14(12-18(15)23)24(30(26,27)19-8-4-2-6-16(19)21)31(28,29)20-9-5-3-7-17(20)22/h2-12H,1H3. The highest BCUT2D eigenvalue weighted by atomic mass is 35.5. The molecule has 3 aromatic rings. The third kappa shape index (κ3) is 4.44. The number of halogens is 3. The topological polar surface area (TPSA) is 88.6 Å². The molecule has 0 radical (unpaired) electrons. The highest BCUT2D eigenvalue weighted by Crippen LogP contribution is 2.37. The lowest BCUT2D eigenvalue weighted by Gasteiger charge is -2.25. The zero-order valence-corrected chi connectivity index (χ0v) is 19.7. The molecule has 31 heavy (non-hydrogen) atoms. The molecule has 0 aliphatic carbocycles. The van der Waals surface area contributed by atoms with Gasteiger partial charge in [-0.1, -0.05) is 59.1 Å². The Morgan fingerprint density at radius 1 is 0.710 bits per heavy atom. The number of nitrogens with zero attached hydrogens (tertiary/aromatic N) is 1. The molecule has 6 nitrogen and oxygen atoms in total. The summed E-state index contributed by atoms with van der Waals surface area (Å²) in [6.45, 7) is 1.28. The van der Waals surface area contributed by atoms with E-state index in [1.165, 1.54) is 67.6 Å². The van der Waals surface area contributed by atoms with E-state index in [1.807, 2.05) is 0 Å². The number of carbonyl (C=O) groups is 1. The monoisotopic (exact) mass is 517 g/mol. The van der Waals surface area contributed by atoms with Crippen molar-refractivity contribution >= 4 is 66.3 Å². The highest BCUT2D eigenvalue weighted by molar-refractivity contribution is 8.10. The smallest absolute Gasteiger partial charge is 0.279 e. The first-order valence-corrected chi connectivity index (χ1v) is 12.6. The van der Waals surface area contributed by atoms with Crippen molar-refractivity contribution in [2.45, 2.75) is 16.7 Å². The number of anilines is 1. The van der Waals surface area contributed by atoms with Crippen molar-refractivity contribution in [1.29, 1.82) is 0 Å². The Morgan fingerprint density at radius 3 is 1.55 bits per heavy atom. The minimum atomic E-state index is -4.75. The molecule has 0 fully saturated rings. The summed E-state index contributed by atoms with van der Waals surface area (Å²) in [6, 6.07) is 14.3. The Labute approximate surface area is 195 Å². The Kier molecular flexibility index (Phi) is 6.69.